The van der Waals surface area contributed by atoms with Crippen molar-refractivity contribution in [1.29, 1.82) is 0 Å². The minimum Gasteiger partial charge on any atom is -0.310 e. The van der Waals surface area contributed by atoms with Gasteiger partial charge in [-0.15, -0.1) is 11.3 Å². The molecule has 1 unspecified atom stereocenters. The molecule has 0 N–H and O–H groups in total. The van der Waals surface area contributed by atoms with E-state index in [1.807, 2.05) is 35.6 Å². The molecule has 11 aromatic carbocycles. The summed E-state index contributed by atoms with van der Waals surface area (Å²) in [4.78, 5) is 4.67. The summed E-state index contributed by atoms with van der Waals surface area (Å²) in [5.74, 6) is 0. The van der Waals surface area contributed by atoms with E-state index in [2.05, 4.69) is 224 Å². The zero-order valence-electron chi connectivity index (χ0n) is 45.2. The average molecular weight is 954 g/mol. The molecular weight excluding hydrogens is 901 g/mol. The smallest absolute Gasteiger partial charge is 0.0727 e. The number of thiophene rings is 1. The van der Waals surface area contributed by atoms with Gasteiger partial charge in [0, 0.05) is 49.2 Å². The molecule has 0 aliphatic heterocycles. The second-order valence-electron chi connectivity index (χ2n) is 20.0. The molecule has 0 fully saturated rings. The van der Waals surface area contributed by atoms with Crippen molar-refractivity contribution in [1.82, 2.24) is 0 Å². The molecule has 0 radical (unpaired) electrons. The summed E-state index contributed by atoms with van der Waals surface area (Å²) >= 11 is 1.83. The van der Waals surface area contributed by atoms with Gasteiger partial charge in [0.2, 0.25) is 0 Å². The van der Waals surface area contributed by atoms with E-state index >= 15 is 0 Å². The number of hydrogen-bond donors (Lipinski definition) is 0. The lowest BCUT2D eigenvalue weighted by Gasteiger charge is -2.34. The van der Waals surface area contributed by atoms with E-state index in [9.17, 15) is 2.74 Å². The maximum absolute atomic E-state index is 9.30. The summed E-state index contributed by atoms with van der Waals surface area (Å²) < 4.78 is 47.3. The van der Waals surface area contributed by atoms with Crippen molar-refractivity contribution in [3.05, 3.63) is 288 Å². The molecule has 0 saturated heterocycles. The molecule has 1 atom stereocenters. The van der Waals surface area contributed by atoms with Gasteiger partial charge in [-0.1, -0.05) is 202 Å². The summed E-state index contributed by atoms with van der Waals surface area (Å²) in [6, 6.07) is 79.2. The number of anilines is 6. The Bertz CT molecular complexity index is 4480. The number of nitrogens with zero attached hydrogens (tertiary/aromatic N) is 2. The van der Waals surface area contributed by atoms with E-state index in [4.69, 9.17) is 4.11 Å². The summed E-state index contributed by atoms with van der Waals surface area (Å²) in [6.45, 7) is 4.57. The molecule has 0 bridgehead atoms. The molecule has 0 saturated carbocycles. The highest BCUT2D eigenvalue weighted by Crippen LogP contribution is 2.64. The Balaban J connectivity index is 0.997. The Morgan fingerprint density at radius 2 is 0.822 bits per heavy atom. The van der Waals surface area contributed by atoms with E-state index in [0.717, 1.165) is 39.6 Å². The van der Waals surface area contributed by atoms with Crippen molar-refractivity contribution in [2.24, 2.45) is 0 Å². The van der Waals surface area contributed by atoms with Crippen LogP contribution in [0.3, 0.4) is 0 Å². The molecule has 1 aromatic heterocycles. The van der Waals surface area contributed by atoms with Crippen LogP contribution in [0.1, 0.15) is 54.1 Å². The van der Waals surface area contributed by atoms with Crippen LogP contribution in [0.5, 0.6) is 0 Å². The van der Waals surface area contributed by atoms with E-state index in [1.54, 1.807) is 0 Å². The van der Waals surface area contributed by atoms with Crippen LogP contribution in [0.4, 0.5) is 34.1 Å². The normalized spacial score (nSPS) is 16.1. The maximum Gasteiger partial charge on any atom is 0.0727 e. The molecule has 3 aliphatic carbocycles. The van der Waals surface area contributed by atoms with Gasteiger partial charge in [0.15, 0.2) is 0 Å². The maximum atomic E-state index is 9.30. The summed E-state index contributed by atoms with van der Waals surface area (Å²) in [7, 11) is 0. The third-order valence-electron chi connectivity index (χ3n) is 16.0. The molecule has 0 amide bonds. The lowest BCUT2D eigenvalue weighted by atomic mass is 9.70. The van der Waals surface area contributed by atoms with Crippen LogP contribution in [0.15, 0.2) is 255 Å². The second kappa shape index (κ2) is 15.9. The van der Waals surface area contributed by atoms with E-state index in [-0.39, 0.29) is 35.1 Å². The highest BCUT2D eigenvalue weighted by Gasteiger charge is 2.52. The van der Waals surface area contributed by atoms with Crippen molar-refractivity contribution < 1.29 is 6.85 Å². The topological polar surface area (TPSA) is 6.48 Å². The van der Waals surface area contributed by atoms with E-state index in [1.165, 1.54) is 75.8 Å². The molecule has 1 heterocycles. The van der Waals surface area contributed by atoms with Gasteiger partial charge in [0.05, 0.1) is 28.3 Å². The molecule has 15 rings (SSSR count). The van der Waals surface area contributed by atoms with E-state index < -0.39 is 11.5 Å². The number of rotatable bonds is 7. The zero-order chi connectivity index (χ0) is 52.8. The largest absolute Gasteiger partial charge is 0.310 e. The monoisotopic (exact) mass is 953 g/mol. The fraction of sp³-hybridized carbons (Fsp3) is 0.0571. The fourth-order valence-corrected chi connectivity index (χ4v) is 14.0. The minimum absolute atomic E-state index is 0.154. The molecule has 12 aromatic rings. The quantitative estimate of drug-likeness (QED) is 0.157. The molecule has 2 nitrogen and oxygen atoms in total. The number of fused-ring (bicyclic) bond motifs is 16. The molecule has 344 valence electrons. The van der Waals surface area contributed by atoms with Gasteiger partial charge in [0.25, 0.3) is 0 Å². The SMILES string of the molecule is [2H]c1c([2H])c([2H])c(-c2ccccc2N(c2ccc3c(c2)C(C)(C)c2ccccc2-3)c2ccc3c(c2)C2(c4ccccc4-3)c3ccccc3-c3ccc(N(c4ccccc4)c4cccc5c4sc4ccccc45)cc32)c([2H])c1[2H]. The Hall–Kier alpha value is -8.76. The van der Waals surface area contributed by atoms with Crippen molar-refractivity contribution >= 4 is 65.6 Å². The Labute approximate surface area is 437 Å². The highest BCUT2D eigenvalue weighted by molar-refractivity contribution is 7.26. The third kappa shape index (κ3) is 5.97. The predicted molar refractivity (Wildman–Crippen MR) is 308 cm³/mol. The van der Waals surface area contributed by atoms with Crippen LogP contribution in [0, 0.1) is 0 Å². The van der Waals surface area contributed by atoms with Crippen molar-refractivity contribution in [3.63, 3.8) is 0 Å². The van der Waals surface area contributed by atoms with Crippen molar-refractivity contribution in [2.45, 2.75) is 24.7 Å². The molecule has 3 aliphatic rings. The van der Waals surface area contributed by atoms with Crippen LogP contribution in [-0.2, 0) is 10.8 Å². The first-order chi connectivity index (χ1) is 38.0. The third-order valence-corrected chi connectivity index (χ3v) is 17.2. The van der Waals surface area contributed by atoms with Gasteiger partial charge in [-0.05, 0) is 139 Å². The number of benzene rings is 11. The molecule has 3 heteroatoms. The van der Waals surface area contributed by atoms with Crippen LogP contribution < -0.4 is 9.80 Å². The van der Waals surface area contributed by atoms with Gasteiger partial charge in [-0.3, -0.25) is 0 Å². The Morgan fingerprint density at radius 3 is 1.48 bits per heavy atom. The van der Waals surface area contributed by atoms with Crippen LogP contribution in [0.2, 0.25) is 0 Å². The lowest BCUT2D eigenvalue weighted by molar-refractivity contribution is 0.660. The predicted octanol–water partition coefficient (Wildman–Crippen LogP) is 19.3. The Kier molecular flexibility index (Phi) is 8.06. The van der Waals surface area contributed by atoms with Crippen LogP contribution in [0.25, 0.3) is 64.7 Å². The average Bonchev–Trinajstić information content (AvgIpc) is 4.16. The Morgan fingerprint density at radius 1 is 0.356 bits per heavy atom. The molecule has 73 heavy (non-hydrogen) atoms. The summed E-state index contributed by atoms with van der Waals surface area (Å²) in [5, 5.41) is 2.49. The highest BCUT2D eigenvalue weighted by atomic mass is 32.1. The van der Waals surface area contributed by atoms with Crippen LogP contribution in [-0.4, -0.2) is 0 Å². The van der Waals surface area contributed by atoms with Gasteiger partial charge in [-0.2, -0.15) is 0 Å². The first-order valence-electron chi connectivity index (χ1n) is 27.5. The fourth-order valence-electron chi connectivity index (χ4n) is 12.8. The lowest BCUT2D eigenvalue weighted by Crippen LogP contribution is -2.26. The van der Waals surface area contributed by atoms with Crippen LogP contribution >= 0.6 is 11.3 Å². The van der Waals surface area contributed by atoms with Gasteiger partial charge in [0.1, 0.15) is 0 Å². The second-order valence-corrected chi connectivity index (χ2v) is 21.0. The first-order valence-corrected chi connectivity index (χ1v) is 25.8. The summed E-state index contributed by atoms with van der Waals surface area (Å²) in [6.07, 6.45) is 0. The zero-order valence-corrected chi connectivity index (χ0v) is 41.0. The van der Waals surface area contributed by atoms with Gasteiger partial charge < -0.3 is 9.80 Å². The number of hydrogen-bond acceptors (Lipinski definition) is 3. The van der Waals surface area contributed by atoms with Gasteiger partial charge in [-0.25, -0.2) is 0 Å². The first kappa shape index (κ1) is 37.1. The standard InChI is InChI=1S/C70H48N2S/c1-69(2)59-30-14-9-25-51(59)54-39-36-47(42-62(54)69)72(65-33-17-12-24-50(65)45-20-5-3-6-21-45)49-38-41-56-53-27-11-16-32-61(53)70(64(56)44-49)60-31-15-10-26-52(60)55-40-37-48(43-63(55)70)71(46-22-7-4-8-23-46)66-34-19-29-58-57-28-13-18-35-67(57)73-68(58)66/h3-44H,1-2H3/i3D,5D,6D,20D,21D. The molecule has 1 spiro atoms. The van der Waals surface area contributed by atoms with Gasteiger partial charge >= 0.3 is 0 Å². The van der Waals surface area contributed by atoms with Crippen molar-refractivity contribution in [2.75, 3.05) is 9.80 Å². The number of para-hydroxylation sites is 2. The van der Waals surface area contributed by atoms with E-state index in [0.29, 0.717) is 11.3 Å². The summed E-state index contributed by atoms with van der Waals surface area (Å²) in [5.41, 5.74) is 19.6. The minimum atomic E-state index is -0.754. The molecular formula is C70H48N2S. The van der Waals surface area contributed by atoms with Crippen molar-refractivity contribution in [3.8, 4) is 44.5 Å².